The summed E-state index contributed by atoms with van der Waals surface area (Å²) in [4.78, 5) is 24.8. The Morgan fingerprint density at radius 2 is 2.29 bits per heavy atom. The molecule has 1 aliphatic heterocycles. The Morgan fingerprint density at radius 1 is 1.48 bits per heavy atom. The van der Waals surface area contributed by atoms with Crippen LogP contribution in [0.2, 0.25) is 0 Å². The van der Waals surface area contributed by atoms with E-state index in [0.29, 0.717) is 12.8 Å². The SMILES string of the molecule is CCc1cc2c(N3CCCC3(CC)C(=O)O)ncnc2s1. The van der Waals surface area contributed by atoms with E-state index in [9.17, 15) is 9.90 Å². The molecule has 3 heterocycles. The lowest BCUT2D eigenvalue weighted by molar-refractivity contribution is -0.143. The second-order valence-corrected chi connectivity index (χ2v) is 6.54. The van der Waals surface area contributed by atoms with Crippen LogP contribution in [0.5, 0.6) is 0 Å². The van der Waals surface area contributed by atoms with Crippen LogP contribution in [0.3, 0.4) is 0 Å². The number of rotatable bonds is 4. The number of nitrogens with zero attached hydrogens (tertiary/aromatic N) is 3. The maximum Gasteiger partial charge on any atom is 0.329 e. The normalized spacial score (nSPS) is 22.1. The molecule has 2 aromatic rings. The minimum atomic E-state index is -0.824. The number of anilines is 1. The molecule has 1 atom stereocenters. The minimum absolute atomic E-state index is 0.582. The monoisotopic (exact) mass is 305 g/mol. The maximum atomic E-state index is 11.9. The van der Waals surface area contributed by atoms with E-state index in [1.165, 1.54) is 4.88 Å². The van der Waals surface area contributed by atoms with E-state index >= 15 is 0 Å². The predicted molar refractivity (Wildman–Crippen MR) is 84.0 cm³/mol. The molecule has 1 unspecified atom stereocenters. The highest BCUT2D eigenvalue weighted by molar-refractivity contribution is 7.18. The predicted octanol–water partition coefficient (Wildman–Crippen LogP) is 3.09. The summed E-state index contributed by atoms with van der Waals surface area (Å²) in [6.07, 6.45) is 4.65. The van der Waals surface area contributed by atoms with E-state index < -0.39 is 11.5 Å². The van der Waals surface area contributed by atoms with Crippen molar-refractivity contribution >= 4 is 33.3 Å². The van der Waals surface area contributed by atoms with Gasteiger partial charge in [0, 0.05) is 11.4 Å². The van der Waals surface area contributed by atoms with Gasteiger partial charge in [0.2, 0.25) is 0 Å². The molecule has 5 nitrogen and oxygen atoms in total. The van der Waals surface area contributed by atoms with E-state index in [1.807, 2.05) is 11.8 Å². The molecule has 2 aromatic heterocycles. The van der Waals surface area contributed by atoms with Crippen LogP contribution in [0.25, 0.3) is 10.2 Å². The van der Waals surface area contributed by atoms with Gasteiger partial charge < -0.3 is 10.0 Å². The summed E-state index contributed by atoms with van der Waals surface area (Å²) in [6, 6.07) is 2.11. The molecular weight excluding hydrogens is 286 g/mol. The Kier molecular flexibility index (Phi) is 3.57. The van der Waals surface area contributed by atoms with Crippen LogP contribution in [-0.4, -0.2) is 33.1 Å². The Morgan fingerprint density at radius 3 is 2.95 bits per heavy atom. The number of aliphatic carboxylic acids is 1. The third-order valence-corrected chi connectivity index (χ3v) is 5.62. The number of carboxylic acid groups (broad SMARTS) is 1. The van der Waals surface area contributed by atoms with Crippen LogP contribution in [0.15, 0.2) is 12.4 Å². The molecule has 0 radical (unpaired) electrons. The molecular formula is C15H19N3O2S. The van der Waals surface area contributed by atoms with Crippen LogP contribution >= 0.6 is 11.3 Å². The lowest BCUT2D eigenvalue weighted by Gasteiger charge is -2.35. The second kappa shape index (κ2) is 5.26. The summed E-state index contributed by atoms with van der Waals surface area (Å²) >= 11 is 1.66. The zero-order chi connectivity index (χ0) is 15.0. The summed E-state index contributed by atoms with van der Waals surface area (Å²) < 4.78 is 0. The smallest absolute Gasteiger partial charge is 0.329 e. The van der Waals surface area contributed by atoms with Gasteiger partial charge in [-0.05, 0) is 31.7 Å². The van der Waals surface area contributed by atoms with Gasteiger partial charge in [-0.2, -0.15) is 0 Å². The van der Waals surface area contributed by atoms with Crippen LogP contribution < -0.4 is 4.90 Å². The van der Waals surface area contributed by atoms with Crippen LogP contribution in [0.4, 0.5) is 5.82 Å². The summed E-state index contributed by atoms with van der Waals surface area (Å²) in [5.74, 6) is 0.0258. The zero-order valence-electron chi connectivity index (χ0n) is 12.3. The number of carboxylic acids is 1. The van der Waals surface area contributed by atoms with Crippen molar-refractivity contribution in [3.63, 3.8) is 0 Å². The topological polar surface area (TPSA) is 66.3 Å². The fourth-order valence-electron chi connectivity index (χ4n) is 3.21. The van der Waals surface area contributed by atoms with Crippen molar-refractivity contribution in [2.75, 3.05) is 11.4 Å². The number of aryl methyl sites for hydroxylation is 1. The largest absolute Gasteiger partial charge is 0.479 e. The third kappa shape index (κ3) is 2.09. The summed E-state index contributed by atoms with van der Waals surface area (Å²) in [7, 11) is 0. The zero-order valence-corrected chi connectivity index (χ0v) is 13.1. The molecule has 0 saturated carbocycles. The van der Waals surface area contributed by atoms with Gasteiger partial charge in [-0.1, -0.05) is 13.8 Å². The van der Waals surface area contributed by atoms with Crippen molar-refractivity contribution < 1.29 is 9.90 Å². The maximum absolute atomic E-state index is 11.9. The van der Waals surface area contributed by atoms with Crippen molar-refractivity contribution in [1.82, 2.24) is 9.97 Å². The molecule has 6 heteroatoms. The fraction of sp³-hybridized carbons (Fsp3) is 0.533. The van der Waals surface area contributed by atoms with Crippen molar-refractivity contribution in [2.45, 2.75) is 45.1 Å². The van der Waals surface area contributed by atoms with E-state index in [4.69, 9.17) is 0 Å². The van der Waals surface area contributed by atoms with Crippen molar-refractivity contribution in [1.29, 1.82) is 0 Å². The lowest BCUT2D eigenvalue weighted by Crippen LogP contribution is -2.50. The average molecular weight is 305 g/mol. The first kappa shape index (κ1) is 14.3. The second-order valence-electron chi connectivity index (χ2n) is 5.43. The Labute approximate surface area is 127 Å². The molecule has 112 valence electrons. The molecule has 0 spiro atoms. The highest BCUT2D eigenvalue weighted by atomic mass is 32.1. The fourth-order valence-corrected chi connectivity index (χ4v) is 4.14. The molecule has 1 N–H and O–H groups in total. The molecule has 0 aromatic carbocycles. The highest BCUT2D eigenvalue weighted by Crippen LogP contribution is 2.40. The van der Waals surface area contributed by atoms with Crippen LogP contribution in [0, 0.1) is 0 Å². The van der Waals surface area contributed by atoms with Gasteiger partial charge in [0.1, 0.15) is 22.5 Å². The molecule has 1 aliphatic rings. The third-order valence-electron chi connectivity index (χ3n) is 4.44. The van der Waals surface area contributed by atoms with Crippen LogP contribution in [-0.2, 0) is 11.2 Å². The molecule has 0 bridgehead atoms. The van der Waals surface area contributed by atoms with Gasteiger partial charge in [0.15, 0.2) is 0 Å². The molecule has 0 aliphatic carbocycles. The molecule has 1 saturated heterocycles. The molecule has 3 rings (SSSR count). The number of carbonyl (C=O) groups is 1. The number of fused-ring (bicyclic) bond motifs is 1. The van der Waals surface area contributed by atoms with Crippen molar-refractivity contribution in [2.24, 2.45) is 0 Å². The quantitative estimate of drug-likeness (QED) is 0.940. The van der Waals surface area contributed by atoms with E-state index in [2.05, 4.69) is 23.0 Å². The number of hydrogen-bond donors (Lipinski definition) is 1. The Balaban J connectivity index is 2.15. The average Bonchev–Trinajstić information content (AvgIpc) is 3.10. The first-order valence-electron chi connectivity index (χ1n) is 7.37. The van der Waals surface area contributed by atoms with Crippen LogP contribution in [0.1, 0.15) is 38.0 Å². The standard InChI is InChI=1S/C15H19N3O2S/c1-3-10-8-11-12(16-9-17-13(11)21-10)18-7-5-6-15(18,4-2)14(19)20/h8-9H,3-7H2,1-2H3,(H,19,20). The van der Waals surface area contributed by atoms with Gasteiger partial charge in [0.25, 0.3) is 0 Å². The van der Waals surface area contributed by atoms with Gasteiger partial charge in [-0.25, -0.2) is 14.8 Å². The summed E-state index contributed by atoms with van der Waals surface area (Å²) in [5, 5.41) is 10.7. The van der Waals surface area contributed by atoms with Crippen molar-refractivity contribution in [3.05, 3.63) is 17.3 Å². The van der Waals surface area contributed by atoms with Gasteiger partial charge >= 0.3 is 5.97 Å². The van der Waals surface area contributed by atoms with Gasteiger partial charge in [-0.15, -0.1) is 11.3 Å². The first-order chi connectivity index (χ1) is 10.1. The van der Waals surface area contributed by atoms with E-state index in [1.54, 1.807) is 17.7 Å². The van der Waals surface area contributed by atoms with Gasteiger partial charge in [0.05, 0.1) is 5.39 Å². The molecule has 21 heavy (non-hydrogen) atoms. The Hall–Kier alpha value is -1.69. The lowest BCUT2D eigenvalue weighted by atomic mass is 9.93. The van der Waals surface area contributed by atoms with E-state index in [-0.39, 0.29) is 0 Å². The van der Waals surface area contributed by atoms with E-state index in [0.717, 1.165) is 35.4 Å². The van der Waals surface area contributed by atoms with Crippen molar-refractivity contribution in [3.8, 4) is 0 Å². The van der Waals surface area contributed by atoms with Gasteiger partial charge in [-0.3, -0.25) is 0 Å². The molecule has 1 fully saturated rings. The summed E-state index contributed by atoms with van der Waals surface area (Å²) in [6.45, 7) is 4.79. The summed E-state index contributed by atoms with van der Waals surface area (Å²) in [5.41, 5.74) is -0.824. The molecule has 0 amide bonds. The Bertz CT molecular complexity index is 685. The highest BCUT2D eigenvalue weighted by Gasteiger charge is 2.47. The minimum Gasteiger partial charge on any atom is -0.479 e. The first-order valence-corrected chi connectivity index (χ1v) is 8.18. The number of hydrogen-bond acceptors (Lipinski definition) is 5. The number of thiophene rings is 1. The number of aromatic nitrogens is 2.